The highest BCUT2D eigenvalue weighted by Gasteiger charge is 2.19. The molecule has 2 N–H and O–H groups in total. The van der Waals surface area contributed by atoms with Gasteiger partial charge in [0.15, 0.2) is 0 Å². The second-order valence-corrected chi connectivity index (χ2v) is 4.76. The summed E-state index contributed by atoms with van der Waals surface area (Å²) in [6.45, 7) is 3.04. The van der Waals surface area contributed by atoms with E-state index in [4.69, 9.17) is 11.6 Å². The van der Waals surface area contributed by atoms with E-state index in [9.17, 15) is 0 Å². The third-order valence-corrected chi connectivity index (χ3v) is 3.18. The number of rotatable bonds is 7. The summed E-state index contributed by atoms with van der Waals surface area (Å²) in [5.41, 5.74) is 1.18. The highest BCUT2D eigenvalue weighted by molar-refractivity contribution is 6.31. The molecule has 1 aliphatic rings. The molecule has 0 atom stereocenters. The van der Waals surface area contributed by atoms with Crippen LogP contribution in [0, 0.1) is 0 Å². The average molecular weight is 239 g/mol. The Morgan fingerprint density at radius 3 is 2.75 bits per heavy atom. The molecule has 1 fully saturated rings. The maximum atomic E-state index is 6.06. The van der Waals surface area contributed by atoms with Crippen molar-refractivity contribution < 1.29 is 0 Å². The fourth-order valence-electron chi connectivity index (χ4n) is 1.67. The van der Waals surface area contributed by atoms with Crippen molar-refractivity contribution in [3.8, 4) is 0 Å². The van der Waals surface area contributed by atoms with E-state index < -0.39 is 0 Å². The van der Waals surface area contributed by atoms with Crippen molar-refractivity contribution in [3.63, 3.8) is 0 Å². The van der Waals surface area contributed by atoms with E-state index in [0.717, 1.165) is 30.7 Å². The number of benzene rings is 1. The summed E-state index contributed by atoms with van der Waals surface area (Å²) in [6, 6.07) is 8.82. The predicted molar refractivity (Wildman–Crippen MR) is 68.8 cm³/mol. The molecule has 0 spiro atoms. The van der Waals surface area contributed by atoms with Gasteiger partial charge in [-0.2, -0.15) is 0 Å². The molecule has 0 bridgehead atoms. The van der Waals surface area contributed by atoms with Gasteiger partial charge in [0.1, 0.15) is 0 Å². The fraction of sp³-hybridized carbons (Fsp3) is 0.538. The van der Waals surface area contributed by atoms with Crippen LogP contribution in [0.15, 0.2) is 24.3 Å². The minimum Gasteiger partial charge on any atom is -0.314 e. The molecule has 16 heavy (non-hydrogen) atoms. The van der Waals surface area contributed by atoms with Crippen molar-refractivity contribution >= 4 is 11.6 Å². The van der Waals surface area contributed by atoms with Gasteiger partial charge in [0.2, 0.25) is 0 Å². The minimum absolute atomic E-state index is 0.823. The zero-order valence-electron chi connectivity index (χ0n) is 9.51. The summed E-state index contributed by atoms with van der Waals surface area (Å²) in [5, 5.41) is 7.77. The molecule has 1 aromatic rings. The topological polar surface area (TPSA) is 24.1 Å². The Morgan fingerprint density at radius 2 is 2.00 bits per heavy atom. The first-order valence-corrected chi connectivity index (χ1v) is 6.41. The average Bonchev–Trinajstić information content (AvgIpc) is 3.09. The Balaban J connectivity index is 1.55. The zero-order chi connectivity index (χ0) is 11.2. The zero-order valence-corrected chi connectivity index (χ0v) is 10.3. The van der Waals surface area contributed by atoms with Gasteiger partial charge in [-0.05, 0) is 44.0 Å². The molecular formula is C13H19ClN2. The Bertz CT molecular complexity index is 323. The van der Waals surface area contributed by atoms with Crippen LogP contribution in [0.1, 0.15) is 24.8 Å². The van der Waals surface area contributed by atoms with Crippen LogP contribution in [0.3, 0.4) is 0 Å². The SMILES string of the molecule is Clc1ccccc1CNCCCNC1CC1. The van der Waals surface area contributed by atoms with Crippen LogP contribution in [-0.2, 0) is 6.54 Å². The van der Waals surface area contributed by atoms with Crippen LogP contribution in [-0.4, -0.2) is 19.1 Å². The second kappa shape index (κ2) is 6.24. The van der Waals surface area contributed by atoms with Crippen molar-refractivity contribution in [1.82, 2.24) is 10.6 Å². The molecule has 88 valence electrons. The maximum absolute atomic E-state index is 6.06. The smallest absolute Gasteiger partial charge is 0.0450 e. The molecule has 0 radical (unpaired) electrons. The molecule has 0 heterocycles. The molecule has 0 amide bonds. The molecule has 0 unspecified atom stereocenters. The van der Waals surface area contributed by atoms with Gasteiger partial charge in [-0.1, -0.05) is 29.8 Å². The van der Waals surface area contributed by atoms with Crippen LogP contribution in [0.25, 0.3) is 0 Å². The lowest BCUT2D eigenvalue weighted by molar-refractivity contribution is 0.593. The molecule has 1 saturated carbocycles. The van der Waals surface area contributed by atoms with Crippen molar-refractivity contribution in [1.29, 1.82) is 0 Å². The summed E-state index contributed by atoms with van der Waals surface area (Å²) < 4.78 is 0. The summed E-state index contributed by atoms with van der Waals surface area (Å²) in [7, 11) is 0. The van der Waals surface area contributed by atoms with Gasteiger partial charge in [-0.25, -0.2) is 0 Å². The van der Waals surface area contributed by atoms with E-state index >= 15 is 0 Å². The van der Waals surface area contributed by atoms with E-state index in [-0.39, 0.29) is 0 Å². The summed E-state index contributed by atoms with van der Waals surface area (Å²) in [6.07, 6.45) is 3.92. The molecule has 1 aromatic carbocycles. The van der Waals surface area contributed by atoms with E-state index in [1.807, 2.05) is 18.2 Å². The van der Waals surface area contributed by atoms with E-state index in [1.165, 1.54) is 24.8 Å². The van der Waals surface area contributed by atoms with Crippen molar-refractivity contribution in [2.75, 3.05) is 13.1 Å². The van der Waals surface area contributed by atoms with Crippen molar-refractivity contribution in [2.24, 2.45) is 0 Å². The van der Waals surface area contributed by atoms with Gasteiger partial charge in [0, 0.05) is 17.6 Å². The summed E-state index contributed by atoms with van der Waals surface area (Å²) >= 11 is 6.06. The van der Waals surface area contributed by atoms with Crippen LogP contribution >= 0.6 is 11.6 Å². The first-order chi connectivity index (χ1) is 7.86. The predicted octanol–water partition coefficient (Wildman–Crippen LogP) is 2.57. The van der Waals surface area contributed by atoms with E-state index in [2.05, 4.69) is 16.7 Å². The highest BCUT2D eigenvalue weighted by atomic mass is 35.5. The van der Waals surface area contributed by atoms with E-state index in [1.54, 1.807) is 0 Å². The van der Waals surface area contributed by atoms with Crippen LogP contribution < -0.4 is 10.6 Å². The first kappa shape index (κ1) is 11.9. The summed E-state index contributed by atoms with van der Waals surface area (Å²) in [5.74, 6) is 0. The lowest BCUT2D eigenvalue weighted by Crippen LogP contribution is -2.23. The van der Waals surface area contributed by atoms with Crippen LogP contribution in [0.4, 0.5) is 0 Å². The van der Waals surface area contributed by atoms with Gasteiger partial charge < -0.3 is 10.6 Å². The van der Waals surface area contributed by atoms with Crippen molar-refractivity contribution in [2.45, 2.75) is 31.8 Å². The molecule has 0 aromatic heterocycles. The largest absolute Gasteiger partial charge is 0.314 e. The van der Waals surface area contributed by atoms with Gasteiger partial charge in [-0.3, -0.25) is 0 Å². The lowest BCUT2D eigenvalue weighted by Gasteiger charge is -2.07. The minimum atomic E-state index is 0.823. The number of nitrogens with one attached hydrogen (secondary N) is 2. The van der Waals surface area contributed by atoms with Crippen molar-refractivity contribution in [3.05, 3.63) is 34.9 Å². The Morgan fingerprint density at radius 1 is 1.19 bits per heavy atom. The van der Waals surface area contributed by atoms with E-state index in [0.29, 0.717) is 0 Å². The maximum Gasteiger partial charge on any atom is 0.0450 e. The first-order valence-electron chi connectivity index (χ1n) is 6.04. The molecule has 1 aliphatic carbocycles. The number of halogens is 1. The molecule has 2 nitrogen and oxygen atoms in total. The highest BCUT2D eigenvalue weighted by Crippen LogP contribution is 2.18. The monoisotopic (exact) mass is 238 g/mol. The quantitative estimate of drug-likeness (QED) is 0.714. The third kappa shape index (κ3) is 4.12. The van der Waals surface area contributed by atoms with Gasteiger partial charge in [0.05, 0.1) is 0 Å². The van der Waals surface area contributed by atoms with Gasteiger partial charge >= 0.3 is 0 Å². The number of hydrogen-bond acceptors (Lipinski definition) is 2. The van der Waals surface area contributed by atoms with Crippen LogP contribution in [0.5, 0.6) is 0 Å². The molecule has 0 aliphatic heterocycles. The molecular weight excluding hydrogens is 220 g/mol. The molecule has 2 rings (SSSR count). The Labute approximate surface area is 102 Å². The van der Waals surface area contributed by atoms with Gasteiger partial charge in [-0.15, -0.1) is 0 Å². The summed E-state index contributed by atoms with van der Waals surface area (Å²) in [4.78, 5) is 0. The van der Waals surface area contributed by atoms with Crippen LogP contribution in [0.2, 0.25) is 5.02 Å². The number of hydrogen-bond donors (Lipinski definition) is 2. The normalized spacial score (nSPS) is 15.3. The molecule has 0 saturated heterocycles. The molecule has 3 heteroatoms. The Kier molecular flexibility index (Phi) is 4.64. The second-order valence-electron chi connectivity index (χ2n) is 4.35. The third-order valence-electron chi connectivity index (χ3n) is 2.81. The lowest BCUT2D eigenvalue weighted by atomic mass is 10.2. The Hall–Kier alpha value is -0.570. The fourth-order valence-corrected chi connectivity index (χ4v) is 1.87. The standard InChI is InChI=1S/C13H19ClN2/c14-13-5-2-1-4-11(13)10-15-8-3-9-16-12-6-7-12/h1-2,4-5,12,15-16H,3,6-10H2. The van der Waals surface area contributed by atoms with Gasteiger partial charge in [0.25, 0.3) is 0 Å².